The van der Waals surface area contributed by atoms with Gasteiger partial charge in [-0.05, 0) is 29.8 Å². The molecule has 0 radical (unpaired) electrons. The van der Waals surface area contributed by atoms with E-state index in [0.29, 0.717) is 11.1 Å². The molecule has 4 N–H and O–H groups in total. The molecular formula is C12H10O4. The van der Waals surface area contributed by atoms with Crippen LogP contribution >= 0.6 is 0 Å². The summed E-state index contributed by atoms with van der Waals surface area (Å²) in [7, 11) is 0. The minimum absolute atomic E-state index is 0.0503. The molecule has 0 atom stereocenters. The van der Waals surface area contributed by atoms with E-state index >= 15 is 0 Å². The molecular weight excluding hydrogens is 208 g/mol. The zero-order valence-corrected chi connectivity index (χ0v) is 8.25. The van der Waals surface area contributed by atoms with Gasteiger partial charge in [0.05, 0.1) is 0 Å². The molecule has 0 aliphatic rings. The Balaban J connectivity index is 2.58. The molecule has 16 heavy (non-hydrogen) atoms. The van der Waals surface area contributed by atoms with Crippen LogP contribution in [0.1, 0.15) is 0 Å². The van der Waals surface area contributed by atoms with Crippen molar-refractivity contribution in [2.45, 2.75) is 0 Å². The molecule has 2 aromatic rings. The van der Waals surface area contributed by atoms with Crippen molar-refractivity contribution in [3.05, 3.63) is 36.4 Å². The molecule has 4 heteroatoms. The highest BCUT2D eigenvalue weighted by atomic mass is 16.3. The fraction of sp³-hybridized carbons (Fsp3) is 0. The van der Waals surface area contributed by atoms with Crippen LogP contribution in [-0.2, 0) is 0 Å². The number of phenolic OH excluding ortho intramolecular Hbond substituents is 4. The maximum absolute atomic E-state index is 9.60. The van der Waals surface area contributed by atoms with Crippen LogP contribution in [0.5, 0.6) is 23.0 Å². The second-order valence-corrected chi connectivity index (χ2v) is 3.44. The minimum Gasteiger partial charge on any atom is -0.508 e. The predicted octanol–water partition coefficient (Wildman–Crippen LogP) is 2.18. The quantitative estimate of drug-likeness (QED) is 0.591. The first-order valence-corrected chi connectivity index (χ1v) is 4.61. The average molecular weight is 218 g/mol. The highest BCUT2D eigenvalue weighted by molar-refractivity contribution is 5.73. The maximum Gasteiger partial charge on any atom is 0.127 e. The number of benzene rings is 2. The molecule has 0 fully saturated rings. The summed E-state index contributed by atoms with van der Waals surface area (Å²) < 4.78 is 0. The average Bonchev–Trinajstić information content (AvgIpc) is 2.15. The van der Waals surface area contributed by atoms with Gasteiger partial charge in [0.2, 0.25) is 0 Å². The Morgan fingerprint density at radius 1 is 0.625 bits per heavy atom. The maximum atomic E-state index is 9.60. The Hall–Kier alpha value is -2.36. The summed E-state index contributed by atoms with van der Waals surface area (Å²) in [5, 5.41) is 37.4. The van der Waals surface area contributed by atoms with Crippen LogP contribution in [0.15, 0.2) is 36.4 Å². The second kappa shape index (κ2) is 3.66. The van der Waals surface area contributed by atoms with Crippen LogP contribution in [0.2, 0.25) is 0 Å². The monoisotopic (exact) mass is 218 g/mol. The Bertz CT molecular complexity index is 514. The fourth-order valence-corrected chi connectivity index (χ4v) is 1.51. The van der Waals surface area contributed by atoms with Crippen LogP contribution in [0, 0.1) is 0 Å². The Morgan fingerprint density at radius 2 is 1.25 bits per heavy atom. The third-order valence-corrected chi connectivity index (χ3v) is 2.19. The lowest BCUT2D eigenvalue weighted by Gasteiger charge is -2.06. The highest BCUT2D eigenvalue weighted by Gasteiger charge is 2.07. The van der Waals surface area contributed by atoms with Gasteiger partial charge in [0, 0.05) is 17.7 Å². The predicted molar refractivity (Wildman–Crippen MR) is 58.5 cm³/mol. The fourth-order valence-electron chi connectivity index (χ4n) is 1.51. The molecule has 2 rings (SSSR count). The first-order valence-electron chi connectivity index (χ1n) is 4.61. The molecule has 0 aliphatic carbocycles. The number of hydrogen-bond acceptors (Lipinski definition) is 4. The summed E-state index contributed by atoms with van der Waals surface area (Å²) in [6, 6.07) is 8.12. The Morgan fingerprint density at radius 3 is 1.81 bits per heavy atom. The lowest BCUT2D eigenvalue weighted by molar-refractivity contribution is 0.450. The molecule has 0 amide bonds. The van der Waals surface area contributed by atoms with Crippen molar-refractivity contribution in [1.82, 2.24) is 0 Å². The number of hydrogen-bond donors (Lipinski definition) is 4. The second-order valence-electron chi connectivity index (χ2n) is 3.44. The smallest absolute Gasteiger partial charge is 0.127 e. The molecule has 4 nitrogen and oxygen atoms in total. The van der Waals surface area contributed by atoms with Gasteiger partial charge in [0.25, 0.3) is 0 Å². The summed E-state index contributed by atoms with van der Waals surface area (Å²) in [5.41, 5.74) is 0.888. The first-order chi connectivity index (χ1) is 7.56. The summed E-state index contributed by atoms with van der Waals surface area (Å²) >= 11 is 0. The summed E-state index contributed by atoms with van der Waals surface area (Å²) in [5.74, 6) is -0.361. The molecule has 0 unspecified atom stereocenters. The zero-order chi connectivity index (χ0) is 11.7. The third kappa shape index (κ3) is 1.86. The van der Waals surface area contributed by atoms with Gasteiger partial charge < -0.3 is 20.4 Å². The molecule has 0 aliphatic heterocycles. The van der Waals surface area contributed by atoms with E-state index in [-0.39, 0.29) is 23.0 Å². The summed E-state index contributed by atoms with van der Waals surface area (Å²) in [4.78, 5) is 0. The van der Waals surface area contributed by atoms with Crippen LogP contribution in [0.3, 0.4) is 0 Å². The van der Waals surface area contributed by atoms with Gasteiger partial charge in [0.1, 0.15) is 23.0 Å². The van der Waals surface area contributed by atoms with Crippen molar-refractivity contribution < 1.29 is 20.4 Å². The number of phenols is 4. The van der Waals surface area contributed by atoms with Gasteiger partial charge >= 0.3 is 0 Å². The Labute approximate surface area is 91.7 Å². The molecule has 0 bridgehead atoms. The summed E-state index contributed by atoms with van der Waals surface area (Å²) in [6.45, 7) is 0. The normalized spacial score (nSPS) is 10.2. The lowest BCUT2D eigenvalue weighted by atomic mass is 10.0. The van der Waals surface area contributed by atoms with Crippen molar-refractivity contribution in [2.75, 3.05) is 0 Å². The SMILES string of the molecule is Oc1cc(O)cc(-c2ccc(O)cc2O)c1. The molecule has 0 aromatic heterocycles. The first kappa shape index (κ1) is 10.2. The third-order valence-electron chi connectivity index (χ3n) is 2.19. The van der Waals surface area contributed by atoms with Crippen molar-refractivity contribution in [3.63, 3.8) is 0 Å². The molecule has 82 valence electrons. The molecule has 0 spiro atoms. The standard InChI is InChI=1S/C12H10O4/c13-8-1-2-11(12(16)6-8)7-3-9(14)5-10(15)4-7/h1-6,13-16H. The molecule has 0 saturated heterocycles. The zero-order valence-electron chi connectivity index (χ0n) is 8.25. The van der Waals surface area contributed by atoms with Crippen molar-refractivity contribution in [2.24, 2.45) is 0 Å². The van der Waals surface area contributed by atoms with Crippen LogP contribution in [-0.4, -0.2) is 20.4 Å². The highest BCUT2D eigenvalue weighted by Crippen LogP contribution is 2.35. The van der Waals surface area contributed by atoms with Gasteiger partial charge in [-0.1, -0.05) is 0 Å². The molecule has 2 aromatic carbocycles. The van der Waals surface area contributed by atoms with E-state index in [4.69, 9.17) is 5.11 Å². The van der Waals surface area contributed by atoms with E-state index in [9.17, 15) is 15.3 Å². The van der Waals surface area contributed by atoms with Crippen molar-refractivity contribution in [3.8, 4) is 34.1 Å². The Kier molecular flexibility index (Phi) is 2.32. The van der Waals surface area contributed by atoms with E-state index in [1.165, 1.54) is 36.4 Å². The van der Waals surface area contributed by atoms with Gasteiger partial charge in [-0.15, -0.1) is 0 Å². The van der Waals surface area contributed by atoms with Crippen molar-refractivity contribution in [1.29, 1.82) is 0 Å². The van der Waals surface area contributed by atoms with Crippen LogP contribution < -0.4 is 0 Å². The van der Waals surface area contributed by atoms with Gasteiger partial charge in [0.15, 0.2) is 0 Å². The topological polar surface area (TPSA) is 80.9 Å². The van der Waals surface area contributed by atoms with Gasteiger partial charge in [-0.3, -0.25) is 0 Å². The van der Waals surface area contributed by atoms with Crippen LogP contribution in [0.4, 0.5) is 0 Å². The van der Waals surface area contributed by atoms with E-state index < -0.39 is 0 Å². The molecule has 0 saturated carbocycles. The van der Waals surface area contributed by atoms with E-state index in [1.807, 2.05) is 0 Å². The van der Waals surface area contributed by atoms with E-state index in [0.717, 1.165) is 0 Å². The number of aromatic hydroxyl groups is 4. The van der Waals surface area contributed by atoms with Gasteiger partial charge in [-0.2, -0.15) is 0 Å². The van der Waals surface area contributed by atoms with Crippen molar-refractivity contribution >= 4 is 0 Å². The van der Waals surface area contributed by atoms with Gasteiger partial charge in [-0.25, -0.2) is 0 Å². The largest absolute Gasteiger partial charge is 0.508 e. The van der Waals surface area contributed by atoms with E-state index in [1.54, 1.807) is 0 Å². The minimum atomic E-state index is -0.120. The molecule has 0 heterocycles. The lowest BCUT2D eigenvalue weighted by Crippen LogP contribution is -1.79. The van der Waals surface area contributed by atoms with Crippen LogP contribution in [0.25, 0.3) is 11.1 Å². The number of rotatable bonds is 1. The van der Waals surface area contributed by atoms with E-state index in [2.05, 4.69) is 0 Å². The summed E-state index contributed by atoms with van der Waals surface area (Å²) in [6.07, 6.45) is 0.